The number of piperidine rings is 1. The molecular formula is C25H33ClN4O6S2. The van der Waals surface area contributed by atoms with Crippen LogP contribution in [0.3, 0.4) is 0 Å². The van der Waals surface area contributed by atoms with E-state index in [9.17, 15) is 21.6 Å². The molecule has 0 unspecified atom stereocenters. The number of anilines is 1. The molecule has 0 aliphatic carbocycles. The fourth-order valence-corrected chi connectivity index (χ4v) is 7.84. The molecule has 1 amide bonds. The molecule has 10 nitrogen and oxygen atoms in total. The van der Waals surface area contributed by atoms with Gasteiger partial charge in [-0.05, 0) is 69.3 Å². The summed E-state index contributed by atoms with van der Waals surface area (Å²) in [4.78, 5) is 15.3. The number of likely N-dealkylation sites (N-methyl/N-ethyl adjacent to an activating group) is 1. The average molecular weight is 585 g/mol. The number of nitrogens with zero attached hydrogens (tertiary/aromatic N) is 3. The Hall–Kier alpha value is -2.22. The molecule has 4 rings (SSSR count). The van der Waals surface area contributed by atoms with E-state index in [0.29, 0.717) is 63.6 Å². The van der Waals surface area contributed by atoms with Crippen molar-refractivity contribution in [3.8, 4) is 5.75 Å². The van der Waals surface area contributed by atoms with Crippen LogP contribution < -0.4 is 10.1 Å². The molecule has 208 valence electrons. The van der Waals surface area contributed by atoms with Crippen LogP contribution in [0, 0.1) is 5.92 Å². The first-order valence-corrected chi connectivity index (χ1v) is 15.8. The molecule has 0 saturated carbocycles. The van der Waals surface area contributed by atoms with E-state index >= 15 is 0 Å². The van der Waals surface area contributed by atoms with Crippen LogP contribution in [0.5, 0.6) is 5.75 Å². The Bertz CT molecular complexity index is 1360. The number of hydrogen-bond donors (Lipinski definition) is 1. The van der Waals surface area contributed by atoms with E-state index in [-0.39, 0.29) is 27.3 Å². The van der Waals surface area contributed by atoms with Gasteiger partial charge in [-0.3, -0.25) is 4.79 Å². The van der Waals surface area contributed by atoms with Gasteiger partial charge in [0, 0.05) is 45.0 Å². The van der Waals surface area contributed by atoms with Gasteiger partial charge in [0.05, 0.1) is 27.3 Å². The summed E-state index contributed by atoms with van der Waals surface area (Å²) in [5.74, 6) is -0.457. The predicted molar refractivity (Wildman–Crippen MR) is 145 cm³/mol. The van der Waals surface area contributed by atoms with E-state index in [1.807, 2.05) is 14.0 Å². The van der Waals surface area contributed by atoms with Crippen molar-refractivity contribution in [2.45, 2.75) is 29.6 Å². The van der Waals surface area contributed by atoms with E-state index in [1.165, 1.54) is 38.9 Å². The molecule has 1 atom stereocenters. The highest BCUT2D eigenvalue weighted by Gasteiger charge is 2.34. The lowest BCUT2D eigenvalue weighted by Crippen LogP contribution is -2.47. The number of nitrogens with one attached hydrogen (secondary N) is 1. The van der Waals surface area contributed by atoms with Crippen molar-refractivity contribution >= 4 is 43.2 Å². The standard InChI is InChI=1S/C25H33ClN4O6S2/c1-3-36-24-11-10-22(17-23(24)26)38(34,35)30-12-4-5-19(18-30)25(31)27-20-6-8-21(9-7-20)37(32,33)29-15-13-28(2)14-16-29/h6-11,17,19H,3-5,12-16,18H2,1-2H3,(H,27,31)/t19-/m0/s1. The van der Waals surface area contributed by atoms with Gasteiger partial charge < -0.3 is 15.0 Å². The minimum atomic E-state index is -3.85. The van der Waals surface area contributed by atoms with Crippen LogP contribution in [0.25, 0.3) is 0 Å². The van der Waals surface area contributed by atoms with Crippen molar-refractivity contribution < 1.29 is 26.4 Å². The summed E-state index contributed by atoms with van der Waals surface area (Å²) in [6.45, 7) is 4.77. The van der Waals surface area contributed by atoms with E-state index in [2.05, 4.69) is 10.2 Å². The third kappa shape index (κ3) is 6.32. The summed E-state index contributed by atoms with van der Waals surface area (Å²) in [7, 11) is -5.50. The van der Waals surface area contributed by atoms with Gasteiger partial charge in [-0.1, -0.05) is 11.6 Å². The smallest absolute Gasteiger partial charge is 0.243 e. The number of rotatable bonds is 8. The van der Waals surface area contributed by atoms with Crippen molar-refractivity contribution in [2.75, 3.05) is 58.2 Å². The minimum absolute atomic E-state index is 0.0366. The second-order valence-electron chi connectivity index (χ2n) is 9.45. The Morgan fingerprint density at radius 1 is 0.947 bits per heavy atom. The number of benzene rings is 2. The molecule has 2 aromatic rings. The molecule has 2 saturated heterocycles. The molecule has 0 bridgehead atoms. The first-order chi connectivity index (χ1) is 18.0. The Morgan fingerprint density at radius 2 is 1.58 bits per heavy atom. The lowest BCUT2D eigenvalue weighted by atomic mass is 9.99. The molecular weight excluding hydrogens is 552 g/mol. The quantitative estimate of drug-likeness (QED) is 0.507. The zero-order valence-electron chi connectivity index (χ0n) is 21.5. The first-order valence-electron chi connectivity index (χ1n) is 12.5. The zero-order chi connectivity index (χ0) is 27.5. The molecule has 2 aliphatic rings. The lowest BCUT2D eigenvalue weighted by Gasteiger charge is -2.31. The third-order valence-corrected chi connectivity index (χ3v) is 10.9. The highest BCUT2D eigenvalue weighted by Crippen LogP contribution is 2.31. The number of carbonyl (C=O) groups is 1. The van der Waals surface area contributed by atoms with E-state index in [1.54, 1.807) is 12.1 Å². The van der Waals surface area contributed by atoms with Crippen molar-refractivity contribution in [3.05, 3.63) is 47.5 Å². The Morgan fingerprint density at radius 3 is 2.21 bits per heavy atom. The molecule has 0 spiro atoms. The van der Waals surface area contributed by atoms with Gasteiger partial charge >= 0.3 is 0 Å². The summed E-state index contributed by atoms with van der Waals surface area (Å²) in [5, 5.41) is 3.01. The number of halogens is 1. The van der Waals surface area contributed by atoms with Gasteiger partial charge in [0.2, 0.25) is 26.0 Å². The van der Waals surface area contributed by atoms with E-state index in [4.69, 9.17) is 16.3 Å². The van der Waals surface area contributed by atoms with Crippen LogP contribution in [0.15, 0.2) is 52.3 Å². The van der Waals surface area contributed by atoms with Gasteiger partial charge in [0.1, 0.15) is 5.75 Å². The number of amides is 1. The number of ether oxygens (including phenoxy) is 1. The topological polar surface area (TPSA) is 116 Å². The molecule has 2 fully saturated rings. The fourth-order valence-electron chi connectivity index (χ4n) is 4.57. The second kappa shape index (κ2) is 11.9. The SMILES string of the molecule is CCOc1ccc(S(=O)(=O)N2CCC[C@H](C(=O)Nc3ccc(S(=O)(=O)N4CCN(C)CC4)cc3)C2)cc1Cl. The molecule has 2 aromatic carbocycles. The summed E-state index contributed by atoms with van der Waals surface area (Å²) in [6, 6.07) is 10.4. The summed E-state index contributed by atoms with van der Waals surface area (Å²) in [5.41, 5.74) is 0.450. The number of piperazine rings is 1. The molecule has 0 radical (unpaired) electrons. The monoisotopic (exact) mass is 584 g/mol. The van der Waals surface area contributed by atoms with Gasteiger partial charge in [0.15, 0.2) is 0 Å². The van der Waals surface area contributed by atoms with Crippen molar-refractivity contribution in [1.29, 1.82) is 0 Å². The molecule has 2 aliphatic heterocycles. The van der Waals surface area contributed by atoms with Gasteiger partial charge in [-0.25, -0.2) is 16.8 Å². The van der Waals surface area contributed by atoms with Crippen LogP contribution in [0.2, 0.25) is 5.02 Å². The fraction of sp³-hybridized carbons (Fsp3) is 0.480. The van der Waals surface area contributed by atoms with Crippen LogP contribution in [-0.4, -0.2) is 89.2 Å². The highest BCUT2D eigenvalue weighted by atomic mass is 35.5. The Labute approximate surface area is 229 Å². The van der Waals surface area contributed by atoms with Gasteiger partial charge in [-0.2, -0.15) is 8.61 Å². The van der Waals surface area contributed by atoms with E-state index < -0.39 is 26.0 Å². The molecule has 2 heterocycles. The van der Waals surface area contributed by atoms with Crippen LogP contribution >= 0.6 is 11.6 Å². The maximum atomic E-state index is 13.2. The summed E-state index contributed by atoms with van der Waals surface area (Å²) >= 11 is 6.20. The maximum Gasteiger partial charge on any atom is 0.243 e. The normalized spacial score (nSPS) is 20.2. The van der Waals surface area contributed by atoms with Crippen molar-refractivity contribution in [1.82, 2.24) is 13.5 Å². The van der Waals surface area contributed by atoms with Gasteiger partial charge in [-0.15, -0.1) is 0 Å². The van der Waals surface area contributed by atoms with Crippen LogP contribution in [0.4, 0.5) is 5.69 Å². The summed E-state index contributed by atoms with van der Waals surface area (Å²) < 4.78 is 60.5. The number of sulfonamides is 2. The van der Waals surface area contributed by atoms with Crippen LogP contribution in [-0.2, 0) is 24.8 Å². The summed E-state index contributed by atoms with van der Waals surface area (Å²) in [6.07, 6.45) is 1.07. The molecule has 38 heavy (non-hydrogen) atoms. The van der Waals surface area contributed by atoms with Gasteiger partial charge in [0.25, 0.3) is 0 Å². The lowest BCUT2D eigenvalue weighted by molar-refractivity contribution is -0.120. The molecule has 1 N–H and O–H groups in total. The largest absolute Gasteiger partial charge is 0.492 e. The highest BCUT2D eigenvalue weighted by molar-refractivity contribution is 7.89. The third-order valence-electron chi connectivity index (χ3n) is 6.82. The molecule has 0 aromatic heterocycles. The van der Waals surface area contributed by atoms with E-state index in [0.717, 1.165) is 0 Å². The predicted octanol–water partition coefficient (Wildman–Crippen LogP) is 2.71. The van der Waals surface area contributed by atoms with Crippen molar-refractivity contribution in [3.63, 3.8) is 0 Å². The average Bonchev–Trinajstić information content (AvgIpc) is 2.90. The van der Waals surface area contributed by atoms with Crippen LogP contribution in [0.1, 0.15) is 19.8 Å². The number of carbonyl (C=O) groups excluding carboxylic acids is 1. The Balaban J connectivity index is 1.40. The first kappa shape index (κ1) is 28.8. The molecule has 13 heteroatoms. The maximum absolute atomic E-state index is 13.2. The second-order valence-corrected chi connectivity index (χ2v) is 13.7. The minimum Gasteiger partial charge on any atom is -0.492 e. The van der Waals surface area contributed by atoms with Crippen molar-refractivity contribution in [2.24, 2.45) is 5.92 Å². The Kier molecular flexibility index (Phi) is 9.00. The number of hydrogen-bond acceptors (Lipinski definition) is 7. The zero-order valence-corrected chi connectivity index (χ0v) is 23.9.